The largest absolute Gasteiger partial charge is 0.465 e. The Morgan fingerprint density at radius 1 is 1.26 bits per heavy atom. The molecule has 180 valence electrons. The first-order chi connectivity index (χ1) is 16.5. The standard InChI is InChI=1S/C28H33NO4S/c1-21(9-6-7-12-22-10-4-3-5-11-22)25(30)17-14-23-15-19-27(31)29(23)20-8-13-24-16-18-26(34-24)28(32)33-2/h3-5,10-11,14,16-18,21,23,25,30H,8-9,12-13,15,19-20H2,1-2H3/t21-,23+,25-/m1/s1. The molecule has 34 heavy (non-hydrogen) atoms. The molecule has 0 spiro atoms. The number of hydrogen-bond donors (Lipinski definition) is 1. The lowest BCUT2D eigenvalue weighted by atomic mass is 9.99. The third kappa shape index (κ3) is 7.58. The molecule has 1 aliphatic rings. The summed E-state index contributed by atoms with van der Waals surface area (Å²) in [5.41, 5.74) is 1.19. The molecule has 1 aliphatic heterocycles. The highest BCUT2D eigenvalue weighted by Gasteiger charge is 2.28. The number of hydrogen-bond acceptors (Lipinski definition) is 5. The minimum Gasteiger partial charge on any atom is -0.465 e. The van der Waals surface area contributed by atoms with Crippen molar-refractivity contribution in [2.75, 3.05) is 13.7 Å². The molecule has 2 aromatic rings. The van der Waals surface area contributed by atoms with Gasteiger partial charge in [0, 0.05) is 30.7 Å². The van der Waals surface area contributed by atoms with Crippen molar-refractivity contribution in [1.29, 1.82) is 0 Å². The number of amides is 1. The Balaban J connectivity index is 1.44. The molecule has 2 heterocycles. The predicted molar refractivity (Wildman–Crippen MR) is 136 cm³/mol. The van der Waals surface area contributed by atoms with Crippen LogP contribution in [0.1, 0.15) is 52.7 Å². The smallest absolute Gasteiger partial charge is 0.348 e. The molecule has 1 N–H and O–H groups in total. The maximum Gasteiger partial charge on any atom is 0.348 e. The molecule has 0 bridgehead atoms. The summed E-state index contributed by atoms with van der Waals surface area (Å²) in [5, 5.41) is 10.5. The van der Waals surface area contributed by atoms with E-state index in [1.807, 2.05) is 48.2 Å². The number of methoxy groups -OCH3 is 1. The highest BCUT2D eigenvalue weighted by Crippen LogP contribution is 2.23. The highest BCUT2D eigenvalue weighted by atomic mass is 32.1. The number of carbonyl (C=O) groups excluding carboxylic acids is 2. The van der Waals surface area contributed by atoms with Gasteiger partial charge in [-0.2, -0.15) is 0 Å². The molecule has 0 radical (unpaired) electrons. The summed E-state index contributed by atoms with van der Waals surface area (Å²) >= 11 is 1.44. The molecule has 5 nitrogen and oxygen atoms in total. The average Bonchev–Trinajstić information content (AvgIpc) is 3.47. The summed E-state index contributed by atoms with van der Waals surface area (Å²) in [5.74, 6) is 6.23. The third-order valence-corrected chi connectivity index (χ3v) is 7.17. The van der Waals surface area contributed by atoms with E-state index in [0.29, 0.717) is 30.7 Å². The lowest BCUT2D eigenvalue weighted by Crippen LogP contribution is -2.33. The van der Waals surface area contributed by atoms with E-state index in [9.17, 15) is 14.7 Å². The fourth-order valence-corrected chi connectivity index (χ4v) is 4.91. The van der Waals surface area contributed by atoms with Crippen LogP contribution in [0.15, 0.2) is 54.6 Å². The maximum atomic E-state index is 12.4. The van der Waals surface area contributed by atoms with E-state index in [-0.39, 0.29) is 23.8 Å². The number of esters is 1. The first-order valence-corrected chi connectivity index (χ1v) is 12.6. The van der Waals surface area contributed by atoms with Crippen molar-refractivity contribution in [3.63, 3.8) is 0 Å². The number of ether oxygens (including phenoxy) is 1. The van der Waals surface area contributed by atoms with Crippen molar-refractivity contribution in [2.45, 2.75) is 57.6 Å². The van der Waals surface area contributed by atoms with Crippen molar-refractivity contribution in [2.24, 2.45) is 5.92 Å². The van der Waals surface area contributed by atoms with Crippen molar-refractivity contribution in [3.8, 4) is 11.8 Å². The first-order valence-electron chi connectivity index (χ1n) is 11.8. The minimum absolute atomic E-state index is 0.0208. The van der Waals surface area contributed by atoms with E-state index in [1.54, 1.807) is 6.07 Å². The van der Waals surface area contributed by atoms with Crippen LogP contribution in [0.3, 0.4) is 0 Å². The molecule has 0 unspecified atom stereocenters. The fraction of sp³-hybridized carbons (Fsp3) is 0.429. The van der Waals surface area contributed by atoms with Gasteiger partial charge in [0.1, 0.15) is 4.88 Å². The van der Waals surface area contributed by atoms with Gasteiger partial charge < -0.3 is 14.7 Å². The average molecular weight is 480 g/mol. The van der Waals surface area contributed by atoms with Gasteiger partial charge in [0.25, 0.3) is 0 Å². The van der Waals surface area contributed by atoms with Gasteiger partial charge in [-0.05, 0) is 42.9 Å². The number of rotatable bonds is 10. The molecule has 3 atom stereocenters. The number of benzene rings is 1. The van der Waals surface area contributed by atoms with E-state index in [1.165, 1.54) is 24.0 Å². The van der Waals surface area contributed by atoms with Crippen molar-refractivity contribution in [3.05, 3.63) is 69.9 Å². The van der Waals surface area contributed by atoms with Crippen molar-refractivity contribution < 1.29 is 19.4 Å². The SMILES string of the molecule is COC(=O)c1ccc(CCCN2C(=O)CC[C@@H]2C=C[C@@H](O)[C@H](C)CC#CCc2ccccc2)s1. The lowest BCUT2D eigenvalue weighted by Gasteiger charge is -2.23. The van der Waals surface area contributed by atoms with Crippen LogP contribution in [0.5, 0.6) is 0 Å². The van der Waals surface area contributed by atoms with Crippen LogP contribution >= 0.6 is 11.3 Å². The van der Waals surface area contributed by atoms with Gasteiger partial charge in [0.2, 0.25) is 5.91 Å². The number of nitrogens with zero attached hydrogens (tertiary/aromatic N) is 1. The van der Waals surface area contributed by atoms with Crippen LogP contribution in [0, 0.1) is 17.8 Å². The fourth-order valence-electron chi connectivity index (χ4n) is 3.94. The van der Waals surface area contributed by atoms with Gasteiger partial charge in [0.05, 0.1) is 19.3 Å². The van der Waals surface area contributed by atoms with E-state index in [4.69, 9.17) is 4.74 Å². The number of aliphatic hydroxyl groups is 1. The van der Waals surface area contributed by atoms with Crippen LogP contribution in [0.4, 0.5) is 0 Å². The molecule has 1 aromatic carbocycles. The number of aliphatic hydroxyl groups excluding tert-OH is 1. The van der Waals surface area contributed by atoms with Crippen molar-refractivity contribution in [1.82, 2.24) is 4.90 Å². The molecule has 1 saturated heterocycles. The Labute approximate surface area is 206 Å². The zero-order valence-corrected chi connectivity index (χ0v) is 20.7. The predicted octanol–water partition coefficient (Wildman–Crippen LogP) is 4.65. The molecule has 1 aromatic heterocycles. The van der Waals surface area contributed by atoms with Gasteiger partial charge in [-0.25, -0.2) is 4.79 Å². The summed E-state index contributed by atoms with van der Waals surface area (Å²) in [7, 11) is 1.38. The zero-order chi connectivity index (χ0) is 24.3. The number of likely N-dealkylation sites (tertiary alicyclic amines) is 1. The van der Waals surface area contributed by atoms with Gasteiger partial charge in [-0.3, -0.25) is 4.79 Å². The molecular formula is C28H33NO4S. The van der Waals surface area contributed by atoms with Gasteiger partial charge >= 0.3 is 5.97 Å². The Morgan fingerprint density at radius 2 is 2.06 bits per heavy atom. The number of aryl methyl sites for hydroxylation is 1. The van der Waals surface area contributed by atoms with E-state index >= 15 is 0 Å². The van der Waals surface area contributed by atoms with Gasteiger partial charge in [-0.15, -0.1) is 17.3 Å². The van der Waals surface area contributed by atoms with Crippen LogP contribution in [-0.2, 0) is 22.4 Å². The molecular weight excluding hydrogens is 446 g/mol. The van der Waals surface area contributed by atoms with E-state index in [2.05, 4.69) is 24.0 Å². The Morgan fingerprint density at radius 3 is 2.82 bits per heavy atom. The van der Waals surface area contributed by atoms with Crippen LogP contribution in [0.25, 0.3) is 0 Å². The quantitative estimate of drug-likeness (QED) is 0.306. The summed E-state index contributed by atoms with van der Waals surface area (Å²) in [6.07, 6.45) is 7.50. The first kappa shape index (κ1) is 25.7. The topological polar surface area (TPSA) is 66.8 Å². The van der Waals surface area contributed by atoms with Gasteiger partial charge in [0.15, 0.2) is 0 Å². The molecule has 1 fully saturated rings. The summed E-state index contributed by atoms with van der Waals surface area (Å²) < 4.78 is 4.76. The van der Waals surface area contributed by atoms with Crippen molar-refractivity contribution >= 4 is 23.2 Å². The molecule has 1 amide bonds. The molecule has 0 saturated carbocycles. The Kier molecular flexibility index (Phi) is 9.93. The van der Waals surface area contributed by atoms with Gasteiger partial charge in [-0.1, -0.05) is 55.3 Å². The van der Waals surface area contributed by atoms with Crippen LogP contribution in [-0.4, -0.2) is 47.7 Å². The number of thiophene rings is 1. The highest BCUT2D eigenvalue weighted by molar-refractivity contribution is 7.13. The maximum absolute atomic E-state index is 12.4. The Hall–Kier alpha value is -2.88. The van der Waals surface area contributed by atoms with E-state index in [0.717, 1.165) is 24.1 Å². The normalized spacial score (nSPS) is 17.4. The summed E-state index contributed by atoms with van der Waals surface area (Å²) in [6, 6.07) is 13.9. The van der Waals surface area contributed by atoms with Crippen LogP contribution in [0.2, 0.25) is 0 Å². The molecule has 6 heteroatoms. The number of carbonyl (C=O) groups is 2. The summed E-state index contributed by atoms with van der Waals surface area (Å²) in [4.78, 5) is 27.6. The molecule has 3 rings (SSSR count). The zero-order valence-electron chi connectivity index (χ0n) is 19.9. The molecule has 0 aliphatic carbocycles. The summed E-state index contributed by atoms with van der Waals surface area (Å²) in [6.45, 7) is 2.66. The second-order valence-electron chi connectivity index (χ2n) is 8.63. The monoisotopic (exact) mass is 479 g/mol. The lowest BCUT2D eigenvalue weighted by molar-refractivity contribution is -0.128. The second-order valence-corrected chi connectivity index (χ2v) is 9.80. The second kappa shape index (κ2) is 13.1. The Bertz CT molecular complexity index is 1030. The minimum atomic E-state index is -0.591. The third-order valence-electron chi connectivity index (χ3n) is 6.04. The van der Waals surface area contributed by atoms with Crippen LogP contribution < -0.4 is 0 Å². The van der Waals surface area contributed by atoms with E-state index < -0.39 is 6.10 Å².